The smallest absolute Gasteiger partial charge is 0.376 e. The van der Waals surface area contributed by atoms with Crippen LogP contribution in [0.2, 0.25) is 0 Å². The molecule has 0 spiro atoms. The van der Waals surface area contributed by atoms with Crippen LogP contribution in [0.4, 0.5) is 18.9 Å². The van der Waals surface area contributed by atoms with Gasteiger partial charge in [0.25, 0.3) is 0 Å². The number of halogens is 3. The first kappa shape index (κ1) is 14.3. The number of fused-ring (bicyclic) bond motifs is 3. The Morgan fingerprint density at radius 2 is 1.96 bits per heavy atom. The van der Waals surface area contributed by atoms with Gasteiger partial charge in [-0.1, -0.05) is 30.4 Å². The van der Waals surface area contributed by atoms with Crippen LogP contribution in [0.25, 0.3) is 0 Å². The minimum atomic E-state index is -4.37. The standard InChI is InChI=1S/C18H15F3N2/c19-18(20,21)14-8-4-7-12-11-5-3-6-13(11)17(23-16(12)14)15-9-1-2-10-22-15/h1-5,7-11,13,17,23H,6H2/t11-,13-,17+/m1/s1. The molecule has 0 saturated heterocycles. The van der Waals surface area contributed by atoms with Gasteiger partial charge >= 0.3 is 6.18 Å². The topological polar surface area (TPSA) is 24.9 Å². The summed E-state index contributed by atoms with van der Waals surface area (Å²) in [5.41, 5.74) is 1.11. The predicted molar refractivity (Wildman–Crippen MR) is 82.0 cm³/mol. The lowest BCUT2D eigenvalue weighted by Crippen LogP contribution is -2.31. The van der Waals surface area contributed by atoms with Gasteiger partial charge in [0, 0.05) is 12.1 Å². The first-order valence-corrected chi connectivity index (χ1v) is 7.60. The number of hydrogen-bond donors (Lipinski definition) is 1. The fraction of sp³-hybridized carbons (Fsp3) is 0.278. The van der Waals surface area contributed by atoms with Crippen LogP contribution in [0.5, 0.6) is 0 Å². The number of benzene rings is 1. The summed E-state index contributed by atoms with van der Waals surface area (Å²) in [5.74, 6) is 0.196. The Kier molecular flexibility index (Phi) is 3.18. The summed E-state index contributed by atoms with van der Waals surface area (Å²) < 4.78 is 40.1. The molecule has 23 heavy (non-hydrogen) atoms. The van der Waals surface area contributed by atoms with Crippen molar-refractivity contribution in [2.24, 2.45) is 5.92 Å². The maximum atomic E-state index is 13.4. The summed E-state index contributed by atoms with van der Waals surface area (Å²) in [7, 11) is 0. The molecular weight excluding hydrogens is 301 g/mol. The molecule has 0 unspecified atom stereocenters. The highest BCUT2D eigenvalue weighted by molar-refractivity contribution is 5.64. The Hall–Kier alpha value is -2.30. The number of hydrogen-bond acceptors (Lipinski definition) is 2. The highest BCUT2D eigenvalue weighted by Crippen LogP contribution is 2.52. The van der Waals surface area contributed by atoms with Gasteiger partial charge < -0.3 is 5.32 Å². The summed E-state index contributed by atoms with van der Waals surface area (Å²) in [6.45, 7) is 0. The molecule has 118 valence electrons. The van der Waals surface area contributed by atoms with E-state index in [1.807, 2.05) is 24.3 Å². The molecule has 0 fully saturated rings. The van der Waals surface area contributed by atoms with Crippen molar-refractivity contribution in [1.82, 2.24) is 4.98 Å². The van der Waals surface area contributed by atoms with Gasteiger partial charge in [-0.2, -0.15) is 13.2 Å². The second-order valence-corrected chi connectivity index (χ2v) is 6.00. The molecule has 1 aliphatic carbocycles. The fourth-order valence-electron chi connectivity index (χ4n) is 3.71. The van der Waals surface area contributed by atoms with E-state index in [1.165, 1.54) is 6.07 Å². The number of anilines is 1. The lowest BCUT2D eigenvalue weighted by atomic mass is 9.77. The van der Waals surface area contributed by atoms with Crippen molar-refractivity contribution in [3.05, 3.63) is 71.6 Å². The van der Waals surface area contributed by atoms with Crippen LogP contribution < -0.4 is 5.32 Å². The first-order valence-electron chi connectivity index (χ1n) is 7.60. The summed E-state index contributed by atoms with van der Waals surface area (Å²) in [6.07, 6.45) is 2.24. The SMILES string of the molecule is FC(F)(F)c1cccc2c1N[C@H](c1ccccn1)[C@@H]1CC=C[C@H]21. The van der Waals surface area contributed by atoms with E-state index < -0.39 is 11.7 Å². The third-order valence-electron chi connectivity index (χ3n) is 4.71. The second kappa shape index (κ2) is 5.11. The highest BCUT2D eigenvalue weighted by Gasteiger charge is 2.43. The molecule has 0 bridgehead atoms. The van der Waals surface area contributed by atoms with Crippen LogP contribution in [0.1, 0.15) is 35.2 Å². The lowest BCUT2D eigenvalue weighted by Gasteiger charge is -2.38. The number of pyridine rings is 1. The molecule has 2 aromatic rings. The Morgan fingerprint density at radius 3 is 2.70 bits per heavy atom. The Morgan fingerprint density at radius 1 is 1.09 bits per heavy atom. The normalized spacial score (nSPS) is 25.6. The van der Waals surface area contributed by atoms with Crippen molar-refractivity contribution in [2.75, 3.05) is 5.32 Å². The Labute approximate surface area is 132 Å². The van der Waals surface area contributed by atoms with E-state index in [0.29, 0.717) is 0 Å². The van der Waals surface area contributed by atoms with E-state index in [0.717, 1.165) is 23.7 Å². The van der Waals surface area contributed by atoms with E-state index in [-0.39, 0.29) is 23.6 Å². The molecule has 1 aliphatic heterocycles. The second-order valence-electron chi connectivity index (χ2n) is 6.00. The number of aromatic nitrogens is 1. The molecule has 0 saturated carbocycles. The van der Waals surface area contributed by atoms with Gasteiger partial charge in [0.2, 0.25) is 0 Å². The van der Waals surface area contributed by atoms with Crippen LogP contribution in [0.3, 0.4) is 0 Å². The number of alkyl halides is 3. The van der Waals surface area contributed by atoms with E-state index in [1.54, 1.807) is 12.3 Å². The van der Waals surface area contributed by atoms with Crippen LogP contribution in [0, 0.1) is 5.92 Å². The molecule has 3 atom stereocenters. The fourth-order valence-corrected chi connectivity index (χ4v) is 3.71. The molecule has 1 aromatic heterocycles. The zero-order valence-electron chi connectivity index (χ0n) is 12.2. The van der Waals surface area contributed by atoms with Gasteiger partial charge in [0.05, 0.1) is 23.0 Å². The molecule has 0 radical (unpaired) electrons. The van der Waals surface area contributed by atoms with Crippen molar-refractivity contribution < 1.29 is 13.2 Å². The molecule has 2 heterocycles. The number of nitrogens with zero attached hydrogens (tertiary/aromatic N) is 1. The van der Waals surface area contributed by atoms with Gasteiger partial charge in [0.1, 0.15) is 0 Å². The molecular formula is C18H15F3N2. The van der Waals surface area contributed by atoms with Crippen molar-refractivity contribution in [2.45, 2.75) is 24.6 Å². The minimum Gasteiger partial charge on any atom is -0.376 e. The van der Waals surface area contributed by atoms with E-state index in [2.05, 4.69) is 16.4 Å². The summed E-state index contributed by atoms with van der Waals surface area (Å²) >= 11 is 0. The van der Waals surface area contributed by atoms with Crippen LogP contribution in [-0.2, 0) is 6.18 Å². The molecule has 5 heteroatoms. The van der Waals surface area contributed by atoms with Crippen LogP contribution in [-0.4, -0.2) is 4.98 Å². The zero-order chi connectivity index (χ0) is 16.0. The number of nitrogens with one attached hydrogen (secondary N) is 1. The Balaban J connectivity index is 1.86. The van der Waals surface area contributed by atoms with Crippen molar-refractivity contribution in [1.29, 1.82) is 0 Å². The maximum absolute atomic E-state index is 13.4. The highest BCUT2D eigenvalue weighted by atomic mass is 19.4. The van der Waals surface area contributed by atoms with Gasteiger partial charge in [-0.3, -0.25) is 4.98 Å². The Bertz CT molecular complexity index is 753. The largest absolute Gasteiger partial charge is 0.418 e. The van der Waals surface area contributed by atoms with Crippen molar-refractivity contribution in [3.8, 4) is 0 Å². The number of allylic oxidation sites excluding steroid dienone is 2. The maximum Gasteiger partial charge on any atom is 0.418 e. The summed E-state index contributed by atoms with van der Waals surface area (Å²) in [6, 6.07) is 9.76. The monoisotopic (exact) mass is 316 g/mol. The average Bonchev–Trinajstić information content (AvgIpc) is 3.03. The van der Waals surface area contributed by atoms with Gasteiger partial charge in [-0.05, 0) is 36.1 Å². The van der Waals surface area contributed by atoms with Gasteiger partial charge in [-0.15, -0.1) is 0 Å². The van der Waals surface area contributed by atoms with Gasteiger partial charge in [0.15, 0.2) is 0 Å². The van der Waals surface area contributed by atoms with Crippen LogP contribution >= 0.6 is 0 Å². The van der Waals surface area contributed by atoms with Gasteiger partial charge in [-0.25, -0.2) is 0 Å². The zero-order valence-corrected chi connectivity index (χ0v) is 12.2. The summed E-state index contributed by atoms with van der Waals surface area (Å²) in [5, 5.41) is 3.14. The minimum absolute atomic E-state index is 0.000515. The molecule has 0 amide bonds. The molecule has 2 aliphatic rings. The third-order valence-corrected chi connectivity index (χ3v) is 4.71. The number of rotatable bonds is 1. The average molecular weight is 316 g/mol. The molecule has 4 rings (SSSR count). The number of para-hydroxylation sites is 1. The summed E-state index contributed by atoms with van der Waals surface area (Å²) in [4.78, 5) is 4.36. The van der Waals surface area contributed by atoms with E-state index >= 15 is 0 Å². The van der Waals surface area contributed by atoms with Crippen LogP contribution in [0.15, 0.2) is 54.7 Å². The molecule has 1 aromatic carbocycles. The predicted octanol–water partition coefficient (Wildman–Crippen LogP) is 4.93. The van der Waals surface area contributed by atoms with E-state index in [4.69, 9.17) is 0 Å². The quantitative estimate of drug-likeness (QED) is 0.755. The molecule has 2 nitrogen and oxygen atoms in total. The first-order chi connectivity index (χ1) is 11.1. The van der Waals surface area contributed by atoms with Crippen molar-refractivity contribution >= 4 is 5.69 Å². The van der Waals surface area contributed by atoms with E-state index in [9.17, 15) is 13.2 Å². The lowest BCUT2D eigenvalue weighted by molar-refractivity contribution is -0.137. The molecule has 1 N–H and O–H groups in total. The third kappa shape index (κ3) is 2.31. The van der Waals surface area contributed by atoms with Crippen molar-refractivity contribution in [3.63, 3.8) is 0 Å².